The number of hydrogen-bond acceptors (Lipinski definition) is 5. The number of likely N-dealkylation sites (tertiary alicyclic amines) is 1. The zero-order valence-corrected chi connectivity index (χ0v) is 23.0. The average molecular weight is 554 g/mol. The van der Waals surface area contributed by atoms with Crippen LogP contribution in [0.5, 0.6) is 0 Å². The van der Waals surface area contributed by atoms with Crippen molar-refractivity contribution in [2.24, 2.45) is 13.0 Å². The lowest BCUT2D eigenvalue weighted by atomic mass is 9.62. The molecule has 1 aromatic heterocycles. The van der Waals surface area contributed by atoms with E-state index in [1.807, 2.05) is 29.8 Å². The molecule has 1 amide bonds. The summed E-state index contributed by atoms with van der Waals surface area (Å²) in [6.45, 7) is 4.16. The second kappa shape index (κ2) is 9.99. The van der Waals surface area contributed by atoms with Gasteiger partial charge >= 0.3 is 6.18 Å². The number of carbonyl (C=O) groups is 1. The normalized spacial score (nSPS) is 25.2. The largest absolute Gasteiger partial charge is 0.416 e. The Morgan fingerprint density at radius 3 is 2.65 bits per heavy atom. The summed E-state index contributed by atoms with van der Waals surface area (Å²) >= 11 is 0. The van der Waals surface area contributed by atoms with Gasteiger partial charge in [0.1, 0.15) is 12.2 Å². The van der Waals surface area contributed by atoms with E-state index in [2.05, 4.69) is 22.0 Å². The van der Waals surface area contributed by atoms with Crippen LogP contribution in [0.3, 0.4) is 0 Å². The Bertz CT molecular complexity index is 1430. The monoisotopic (exact) mass is 553 g/mol. The predicted octanol–water partition coefficient (Wildman–Crippen LogP) is 5.32. The maximum Gasteiger partial charge on any atom is 0.416 e. The molecular formula is C30H34F3N5O2. The molecule has 0 N–H and O–H groups in total. The first-order chi connectivity index (χ1) is 19.1. The maximum atomic E-state index is 14.3. The number of hydrogen-bond donors (Lipinski definition) is 0. The molecule has 10 heteroatoms. The Hall–Kier alpha value is -3.24. The fraction of sp³-hybridized carbons (Fsp3) is 0.500. The lowest BCUT2D eigenvalue weighted by molar-refractivity contribution is -0.138. The van der Waals surface area contributed by atoms with Gasteiger partial charge in [0.15, 0.2) is 0 Å². The van der Waals surface area contributed by atoms with Gasteiger partial charge in [-0.25, -0.2) is 0 Å². The van der Waals surface area contributed by atoms with Crippen LogP contribution < -0.4 is 4.90 Å². The van der Waals surface area contributed by atoms with Gasteiger partial charge in [0.25, 0.3) is 5.91 Å². The summed E-state index contributed by atoms with van der Waals surface area (Å²) < 4.78 is 50.3. The summed E-state index contributed by atoms with van der Waals surface area (Å²) in [6.07, 6.45) is 0.725. The smallest absolute Gasteiger partial charge is 0.381 e. The van der Waals surface area contributed by atoms with Crippen molar-refractivity contribution in [1.82, 2.24) is 19.7 Å². The number of piperidine rings is 1. The van der Waals surface area contributed by atoms with Gasteiger partial charge < -0.3 is 14.2 Å². The van der Waals surface area contributed by atoms with Crippen LogP contribution >= 0.6 is 0 Å². The lowest BCUT2D eigenvalue weighted by Crippen LogP contribution is -2.48. The van der Waals surface area contributed by atoms with Crippen LogP contribution in [0.15, 0.2) is 42.7 Å². The molecule has 3 heterocycles. The molecule has 0 spiro atoms. The molecule has 6 rings (SSSR count). The van der Waals surface area contributed by atoms with Crippen LogP contribution in [-0.2, 0) is 36.5 Å². The number of ether oxygens (including phenoxy) is 1. The molecule has 3 aliphatic rings. The molecule has 40 heavy (non-hydrogen) atoms. The van der Waals surface area contributed by atoms with Crippen LogP contribution in [0.1, 0.15) is 71.0 Å². The number of carbonyl (C=O) groups excluding carboxylic acids is 1. The maximum absolute atomic E-state index is 14.3. The lowest BCUT2D eigenvalue weighted by Gasteiger charge is -2.46. The third-order valence-electron chi connectivity index (χ3n) is 8.89. The molecule has 1 saturated carbocycles. The van der Waals surface area contributed by atoms with E-state index in [4.69, 9.17) is 4.74 Å². The molecule has 2 aromatic carbocycles. The highest BCUT2D eigenvalue weighted by atomic mass is 19.4. The number of rotatable bonds is 6. The first-order valence-corrected chi connectivity index (χ1v) is 13.8. The van der Waals surface area contributed by atoms with Crippen molar-refractivity contribution in [3.05, 3.63) is 76.4 Å². The summed E-state index contributed by atoms with van der Waals surface area (Å²) in [5.74, 6) is 0.905. The first-order valence-electron chi connectivity index (χ1n) is 13.8. The molecule has 0 bridgehead atoms. The molecule has 1 atom stereocenters. The fourth-order valence-corrected chi connectivity index (χ4v) is 6.83. The van der Waals surface area contributed by atoms with Gasteiger partial charge in [-0.05, 0) is 79.1 Å². The van der Waals surface area contributed by atoms with Crippen molar-refractivity contribution in [3.63, 3.8) is 0 Å². The van der Waals surface area contributed by atoms with Gasteiger partial charge in [0.2, 0.25) is 0 Å². The topological polar surface area (TPSA) is 63.5 Å². The van der Waals surface area contributed by atoms with Crippen molar-refractivity contribution in [2.45, 2.75) is 63.4 Å². The summed E-state index contributed by atoms with van der Waals surface area (Å²) in [4.78, 5) is 17.4. The third-order valence-corrected chi connectivity index (χ3v) is 8.89. The standard InChI is InChI=1S/C30H34F3N5O2/c1-19-6-5-9-37(15-19)16-20-10-24-25(26(11-20)30(31,32)33)17-38(27(24)39)22-8-4-7-21(12-22)29(13-23(14-29)40-3)28-35-34-18-36(28)2/h4,7-8,10-12,18-19,23H,5-6,9,13-17H2,1-3H3/t19-,23?,29?/m0/s1. The van der Waals surface area contributed by atoms with Crippen LogP contribution in [0.25, 0.3) is 0 Å². The van der Waals surface area contributed by atoms with Crippen molar-refractivity contribution >= 4 is 11.6 Å². The van der Waals surface area contributed by atoms with Gasteiger partial charge in [-0.2, -0.15) is 13.2 Å². The summed E-state index contributed by atoms with van der Waals surface area (Å²) in [6, 6.07) is 10.4. The van der Waals surface area contributed by atoms with E-state index in [-0.39, 0.29) is 23.8 Å². The molecule has 2 aliphatic heterocycles. The summed E-state index contributed by atoms with van der Waals surface area (Å²) in [5, 5.41) is 8.45. The molecule has 7 nitrogen and oxygen atoms in total. The number of aryl methyl sites for hydroxylation is 1. The minimum atomic E-state index is -4.55. The Morgan fingerprint density at radius 1 is 1.18 bits per heavy atom. The highest BCUT2D eigenvalue weighted by Gasteiger charge is 2.50. The highest BCUT2D eigenvalue weighted by Crippen LogP contribution is 2.50. The highest BCUT2D eigenvalue weighted by molar-refractivity contribution is 6.10. The number of nitrogens with zero attached hydrogens (tertiary/aromatic N) is 5. The molecule has 1 aliphatic carbocycles. The second-order valence-corrected chi connectivity index (χ2v) is 11.7. The molecular weight excluding hydrogens is 519 g/mol. The van der Waals surface area contributed by atoms with E-state index >= 15 is 0 Å². The summed E-state index contributed by atoms with van der Waals surface area (Å²) in [5.41, 5.74) is 1.07. The van der Waals surface area contributed by atoms with E-state index in [1.165, 1.54) is 11.0 Å². The van der Waals surface area contributed by atoms with E-state index in [1.54, 1.807) is 25.6 Å². The number of methoxy groups -OCH3 is 1. The molecule has 0 unspecified atom stereocenters. The SMILES string of the molecule is COC1CC(c2cccc(N3Cc4c(cc(CN5CCC[C@H](C)C5)cc4C(F)(F)F)C3=O)c2)(c2nncn2C)C1. The Labute approximate surface area is 231 Å². The molecule has 0 radical (unpaired) electrons. The van der Waals surface area contributed by atoms with Crippen molar-refractivity contribution < 1.29 is 22.7 Å². The zero-order chi connectivity index (χ0) is 28.2. The van der Waals surface area contributed by atoms with E-state index in [9.17, 15) is 18.0 Å². The number of halogens is 3. The van der Waals surface area contributed by atoms with Crippen LogP contribution in [0.2, 0.25) is 0 Å². The Morgan fingerprint density at radius 2 is 1.98 bits per heavy atom. The van der Waals surface area contributed by atoms with Gasteiger partial charge in [-0.3, -0.25) is 9.69 Å². The number of benzene rings is 2. The Balaban J connectivity index is 1.34. The number of aromatic nitrogens is 3. The van der Waals surface area contributed by atoms with Crippen molar-refractivity contribution in [1.29, 1.82) is 0 Å². The first kappa shape index (κ1) is 27.0. The van der Waals surface area contributed by atoms with Gasteiger partial charge in [0, 0.05) is 38.5 Å². The Kier molecular flexibility index (Phi) is 6.73. The minimum absolute atomic E-state index is 0.0461. The number of fused-ring (bicyclic) bond motifs is 1. The van der Waals surface area contributed by atoms with E-state index in [0.29, 0.717) is 36.6 Å². The molecule has 1 saturated heterocycles. The second-order valence-electron chi connectivity index (χ2n) is 11.7. The molecule has 212 valence electrons. The quantitative estimate of drug-likeness (QED) is 0.414. The van der Waals surface area contributed by atoms with Crippen molar-refractivity contribution in [2.75, 3.05) is 25.1 Å². The minimum Gasteiger partial charge on any atom is -0.381 e. The summed E-state index contributed by atoms with van der Waals surface area (Å²) in [7, 11) is 3.57. The average Bonchev–Trinajstić information content (AvgIpc) is 3.46. The molecule has 3 aromatic rings. The zero-order valence-electron chi connectivity index (χ0n) is 23.0. The van der Waals surface area contributed by atoms with Crippen LogP contribution in [0, 0.1) is 5.92 Å². The van der Waals surface area contributed by atoms with Gasteiger partial charge in [-0.1, -0.05) is 19.1 Å². The fourth-order valence-electron chi connectivity index (χ4n) is 6.83. The van der Waals surface area contributed by atoms with E-state index in [0.717, 1.165) is 37.3 Å². The predicted molar refractivity (Wildman–Crippen MR) is 144 cm³/mol. The number of amides is 1. The number of anilines is 1. The van der Waals surface area contributed by atoms with Gasteiger partial charge in [0.05, 0.1) is 23.6 Å². The molecule has 2 fully saturated rings. The van der Waals surface area contributed by atoms with Crippen LogP contribution in [-0.4, -0.2) is 51.9 Å². The van der Waals surface area contributed by atoms with E-state index < -0.39 is 23.1 Å². The van der Waals surface area contributed by atoms with Gasteiger partial charge in [-0.15, -0.1) is 10.2 Å². The van der Waals surface area contributed by atoms with Crippen LogP contribution in [0.4, 0.5) is 18.9 Å². The van der Waals surface area contributed by atoms with Crippen molar-refractivity contribution in [3.8, 4) is 0 Å². The third kappa shape index (κ3) is 4.60. The number of alkyl halides is 3.